The molecule has 1 aromatic carbocycles. The van der Waals surface area contributed by atoms with Gasteiger partial charge in [0.15, 0.2) is 0 Å². The summed E-state index contributed by atoms with van der Waals surface area (Å²) in [4.78, 5) is 0. The van der Waals surface area contributed by atoms with Gasteiger partial charge in [-0.2, -0.15) is 0 Å². The summed E-state index contributed by atoms with van der Waals surface area (Å²) in [6.07, 6.45) is 0.678. The van der Waals surface area contributed by atoms with Gasteiger partial charge in [0, 0.05) is 13.0 Å². The summed E-state index contributed by atoms with van der Waals surface area (Å²) in [5.74, 6) is 0.893. The maximum atomic E-state index is 8.58. The fourth-order valence-corrected chi connectivity index (χ4v) is 1.05. The average Bonchev–Trinajstić information content (AvgIpc) is 2.11. The fraction of sp³-hybridized carbons (Fsp3) is 0.455. The Hall–Kier alpha value is -1.02. The highest BCUT2D eigenvalue weighted by Gasteiger charge is 1.98. The minimum absolute atomic E-state index is 0.178. The van der Waals surface area contributed by atoms with Crippen LogP contribution in [0.4, 0.5) is 0 Å². The lowest BCUT2D eigenvalue weighted by Gasteiger charge is -2.08. The van der Waals surface area contributed by atoms with Crippen LogP contribution < -0.4 is 4.74 Å². The molecule has 0 aliphatic carbocycles. The minimum atomic E-state index is 0.178. The Bertz CT molecular complexity index is 269. The molecule has 1 radical (unpaired) electrons. The molecule has 0 saturated heterocycles. The van der Waals surface area contributed by atoms with E-state index in [9.17, 15) is 0 Å². The normalized spacial score (nSPS) is 10.1. The second-order valence-electron chi connectivity index (χ2n) is 3.09. The Kier molecular flexibility index (Phi) is 3.77. The van der Waals surface area contributed by atoms with Crippen molar-refractivity contribution < 1.29 is 9.84 Å². The number of ether oxygens (including phenoxy) is 1. The minimum Gasteiger partial charge on any atom is -0.493 e. The highest BCUT2D eigenvalue weighted by molar-refractivity contribution is 5.35. The van der Waals surface area contributed by atoms with Gasteiger partial charge in [-0.3, -0.25) is 0 Å². The van der Waals surface area contributed by atoms with Crippen molar-refractivity contribution in [2.24, 2.45) is 0 Å². The molecule has 1 rings (SSSR count). The second kappa shape index (κ2) is 4.87. The van der Waals surface area contributed by atoms with Gasteiger partial charge in [0.1, 0.15) is 5.75 Å². The summed E-state index contributed by atoms with van der Waals surface area (Å²) in [6, 6.07) is 6.99. The molecule has 1 N–H and O–H groups in total. The van der Waals surface area contributed by atoms with Gasteiger partial charge in [0.25, 0.3) is 0 Å². The van der Waals surface area contributed by atoms with Crippen LogP contribution in [0.1, 0.15) is 17.5 Å². The third-order valence-electron chi connectivity index (χ3n) is 1.81. The molecule has 0 saturated carbocycles. The molecule has 2 heteroatoms. The van der Waals surface area contributed by atoms with E-state index in [0.717, 1.165) is 16.9 Å². The Balaban J connectivity index is 2.59. The van der Waals surface area contributed by atoms with Gasteiger partial charge in [-0.25, -0.2) is 0 Å². The molecule has 0 spiro atoms. The summed E-state index contributed by atoms with van der Waals surface area (Å²) in [5, 5.41) is 8.58. The van der Waals surface area contributed by atoms with Crippen LogP contribution in [0, 0.1) is 19.9 Å². The maximum Gasteiger partial charge on any atom is 0.122 e. The first-order valence-corrected chi connectivity index (χ1v) is 4.46. The van der Waals surface area contributed by atoms with Gasteiger partial charge in [-0.15, -0.1) is 0 Å². The quantitative estimate of drug-likeness (QED) is 0.715. The standard InChI is InChI=1S/C11H15O2/c1-9-4-5-10(2)11(8-9)13-7-3-6-12/h5,8,12H,3,6-7H2,1-2H3. The molecule has 0 aliphatic heterocycles. The predicted molar refractivity (Wildman–Crippen MR) is 51.9 cm³/mol. The van der Waals surface area contributed by atoms with Crippen LogP contribution in [0.15, 0.2) is 12.1 Å². The van der Waals surface area contributed by atoms with E-state index in [2.05, 4.69) is 6.07 Å². The van der Waals surface area contributed by atoms with Crippen molar-refractivity contribution in [1.29, 1.82) is 0 Å². The first kappa shape index (κ1) is 10.1. The van der Waals surface area contributed by atoms with Crippen molar-refractivity contribution >= 4 is 0 Å². The van der Waals surface area contributed by atoms with E-state index in [-0.39, 0.29) is 6.61 Å². The van der Waals surface area contributed by atoms with Gasteiger partial charge < -0.3 is 9.84 Å². The van der Waals surface area contributed by atoms with E-state index in [0.29, 0.717) is 13.0 Å². The van der Waals surface area contributed by atoms with Crippen molar-refractivity contribution in [2.75, 3.05) is 13.2 Å². The number of hydrogen-bond acceptors (Lipinski definition) is 2. The Morgan fingerprint density at radius 1 is 1.46 bits per heavy atom. The smallest absolute Gasteiger partial charge is 0.122 e. The highest BCUT2D eigenvalue weighted by Crippen LogP contribution is 2.18. The molecule has 71 valence electrons. The molecule has 1 aromatic rings. The molecule has 13 heavy (non-hydrogen) atoms. The third kappa shape index (κ3) is 3.07. The predicted octanol–water partition coefficient (Wildman–Crippen LogP) is 1.86. The molecule has 0 bridgehead atoms. The third-order valence-corrected chi connectivity index (χ3v) is 1.81. The maximum absolute atomic E-state index is 8.58. The average molecular weight is 179 g/mol. The van der Waals surface area contributed by atoms with Gasteiger partial charge in [-0.1, -0.05) is 0 Å². The fourth-order valence-electron chi connectivity index (χ4n) is 1.05. The molecule has 0 fully saturated rings. The van der Waals surface area contributed by atoms with Gasteiger partial charge in [0.2, 0.25) is 0 Å². The molecule has 0 aliphatic rings. The molecular formula is C11H15O2. The van der Waals surface area contributed by atoms with Crippen LogP contribution in [0.3, 0.4) is 0 Å². The molecule has 0 aromatic heterocycles. The largest absolute Gasteiger partial charge is 0.493 e. The molecule has 0 heterocycles. The number of benzene rings is 1. The first-order chi connectivity index (χ1) is 6.24. The monoisotopic (exact) mass is 179 g/mol. The van der Waals surface area contributed by atoms with Gasteiger partial charge in [-0.05, 0) is 43.2 Å². The zero-order valence-corrected chi connectivity index (χ0v) is 8.13. The molecule has 2 nitrogen and oxygen atoms in total. The van der Waals surface area contributed by atoms with E-state index in [1.165, 1.54) is 0 Å². The van der Waals surface area contributed by atoms with Gasteiger partial charge >= 0.3 is 0 Å². The van der Waals surface area contributed by atoms with Crippen LogP contribution in [-0.4, -0.2) is 18.3 Å². The lowest BCUT2D eigenvalue weighted by atomic mass is 10.1. The van der Waals surface area contributed by atoms with E-state index >= 15 is 0 Å². The van der Waals surface area contributed by atoms with Crippen molar-refractivity contribution in [3.05, 3.63) is 29.3 Å². The van der Waals surface area contributed by atoms with Crippen molar-refractivity contribution in [1.82, 2.24) is 0 Å². The van der Waals surface area contributed by atoms with Crippen LogP contribution in [0.5, 0.6) is 5.75 Å². The first-order valence-electron chi connectivity index (χ1n) is 4.46. The van der Waals surface area contributed by atoms with Crippen LogP contribution in [0.25, 0.3) is 0 Å². The summed E-state index contributed by atoms with van der Waals surface area (Å²) in [7, 11) is 0. The van der Waals surface area contributed by atoms with E-state index in [1.54, 1.807) is 0 Å². The summed E-state index contributed by atoms with van der Waals surface area (Å²) >= 11 is 0. The summed E-state index contributed by atoms with van der Waals surface area (Å²) < 4.78 is 5.48. The Morgan fingerprint density at radius 3 is 2.92 bits per heavy atom. The number of hydrogen-bond donors (Lipinski definition) is 1. The van der Waals surface area contributed by atoms with E-state index in [4.69, 9.17) is 9.84 Å². The number of aliphatic hydroxyl groups is 1. The molecule has 0 unspecified atom stereocenters. The second-order valence-corrected chi connectivity index (χ2v) is 3.09. The number of rotatable bonds is 4. The van der Waals surface area contributed by atoms with E-state index < -0.39 is 0 Å². The van der Waals surface area contributed by atoms with Crippen molar-refractivity contribution in [3.8, 4) is 5.75 Å². The Morgan fingerprint density at radius 2 is 2.23 bits per heavy atom. The van der Waals surface area contributed by atoms with Crippen LogP contribution >= 0.6 is 0 Å². The van der Waals surface area contributed by atoms with Crippen molar-refractivity contribution in [3.63, 3.8) is 0 Å². The lowest BCUT2D eigenvalue weighted by Crippen LogP contribution is -2.01. The number of aryl methyl sites for hydroxylation is 2. The topological polar surface area (TPSA) is 29.5 Å². The zero-order chi connectivity index (χ0) is 9.68. The molecular weight excluding hydrogens is 164 g/mol. The highest BCUT2D eigenvalue weighted by atomic mass is 16.5. The van der Waals surface area contributed by atoms with E-state index in [1.807, 2.05) is 26.0 Å². The Labute approximate surface area is 79.2 Å². The number of aliphatic hydroxyl groups excluding tert-OH is 1. The van der Waals surface area contributed by atoms with Crippen molar-refractivity contribution in [2.45, 2.75) is 20.3 Å². The SMILES string of the molecule is Cc1[c]cc(C)c(OCCCO)c1. The van der Waals surface area contributed by atoms with Crippen LogP contribution in [-0.2, 0) is 0 Å². The molecule has 0 atom stereocenters. The summed E-state index contributed by atoms with van der Waals surface area (Å²) in [5.41, 5.74) is 2.16. The van der Waals surface area contributed by atoms with Gasteiger partial charge in [0.05, 0.1) is 6.61 Å². The zero-order valence-electron chi connectivity index (χ0n) is 8.13. The van der Waals surface area contributed by atoms with Crippen LogP contribution in [0.2, 0.25) is 0 Å². The lowest BCUT2D eigenvalue weighted by molar-refractivity contribution is 0.233. The summed E-state index contributed by atoms with van der Waals surface area (Å²) in [6.45, 7) is 4.72. The molecule has 0 amide bonds.